The van der Waals surface area contributed by atoms with Crippen molar-refractivity contribution in [3.8, 4) is 0 Å². The second-order valence-corrected chi connectivity index (χ2v) is 8.69. The van der Waals surface area contributed by atoms with Crippen molar-refractivity contribution >= 4 is 54.8 Å². The molecule has 0 aliphatic carbocycles. The third kappa shape index (κ3) is 4.70. The molecule has 144 valence electrons. The monoisotopic (exact) mass is 482 g/mol. The molecular weight excluding hydrogens is 471 g/mol. The molecule has 3 aromatic carbocycles. The molecule has 0 unspecified atom stereocenters. The van der Waals surface area contributed by atoms with Crippen LogP contribution in [0, 0.1) is 5.82 Å². The Morgan fingerprint density at radius 1 is 1.00 bits per heavy atom. The van der Waals surface area contributed by atoms with Gasteiger partial charge in [-0.1, -0.05) is 39.7 Å². The molecule has 5 nitrogen and oxygen atoms in total. The minimum absolute atomic E-state index is 0.0120. The SMILES string of the molecule is O=C(Nc1ccc(Cl)cc1)c1cc(Br)ccc1NS(=O)(=O)c1ccccc1F. The van der Waals surface area contributed by atoms with Crippen molar-refractivity contribution < 1.29 is 17.6 Å². The Bertz CT molecular complexity index is 1140. The van der Waals surface area contributed by atoms with Crippen LogP contribution in [0.2, 0.25) is 5.02 Å². The summed E-state index contributed by atoms with van der Waals surface area (Å²) in [6.07, 6.45) is 0. The maximum Gasteiger partial charge on any atom is 0.264 e. The first kappa shape index (κ1) is 20.3. The lowest BCUT2D eigenvalue weighted by Crippen LogP contribution is -2.19. The highest BCUT2D eigenvalue weighted by Crippen LogP contribution is 2.26. The Balaban J connectivity index is 1.93. The van der Waals surface area contributed by atoms with Gasteiger partial charge in [0.05, 0.1) is 11.3 Å². The van der Waals surface area contributed by atoms with Gasteiger partial charge in [-0.15, -0.1) is 0 Å². The van der Waals surface area contributed by atoms with Gasteiger partial charge in [-0.25, -0.2) is 12.8 Å². The summed E-state index contributed by atoms with van der Waals surface area (Å²) < 4.78 is 41.9. The molecule has 0 saturated heterocycles. The highest BCUT2D eigenvalue weighted by molar-refractivity contribution is 9.10. The number of sulfonamides is 1. The first-order valence-corrected chi connectivity index (χ1v) is 10.6. The van der Waals surface area contributed by atoms with E-state index in [1.54, 1.807) is 30.3 Å². The predicted molar refractivity (Wildman–Crippen MR) is 111 cm³/mol. The van der Waals surface area contributed by atoms with Crippen LogP contribution in [-0.2, 0) is 10.0 Å². The quantitative estimate of drug-likeness (QED) is 0.517. The minimum Gasteiger partial charge on any atom is -0.322 e. The molecular formula is C19H13BrClFN2O3S. The van der Waals surface area contributed by atoms with Crippen LogP contribution in [0.15, 0.2) is 76.1 Å². The van der Waals surface area contributed by atoms with Crippen molar-refractivity contribution in [2.24, 2.45) is 0 Å². The van der Waals surface area contributed by atoms with Crippen LogP contribution in [0.3, 0.4) is 0 Å². The molecule has 2 N–H and O–H groups in total. The van der Waals surface area contributed by atoms with Crippen LogP contribution in [0.25, 0.3) is 0 Å². The van der Waals surface area contributed by atoms with Crippen LogP contribution < -0.4 is 10.0 Å². The first-order valence-electron chi connectivity index (χ1n) is 7.90. The van der Waals surface area contributed by atoms with Crippen LogP contribution >= 0.6 is 27.5 Å². The molecule has 0 atom stereocenters. The lowest BCUT2D eigenvalue weighted by atomic mass is 10.1. The highest BCUT2D eigenvalue weighted by atomic mass is 79.9. The van der Waals surface area contributed by atoms with E-state index in [4.69, 9.17) is 11.6 Å². The maximum atomic E-state index is 13.9. The van der Waals surface area contributed by atoms with Crippen LogP contribution in [0.5, 0.6) is 0 Å². The Kier molecular flexibility index (Phi) is 6.02. The number of benzene rings is 3. The van der Waals surface area contributed by atoms with Gasteiger partial charge in [0.25, 0.3) is 15.9 Å². The summed E-state index contributed by atoms with van der Waals surface area (Å²) in [6, 6.07) is 15.9. The molecule has 28 heavy (non-hydrogen) atoms. The molecule has 0 fully saturated rings. The van der Waals surface area contributed by atoms with E-state index in [9.17, 15) is 17.6 Å². The molecule has 0 aliphatic heterocycles. The van der Waals surface area contributed by atoms with E-state index in [2.05, 4.69) is 26.0 Å². The summed E-state index contributed by atoms with van der Waals surface area (Å²) >= 11 is 9.09. The molecule has 0 spiro atoms. The fourth-order valence-electron chi connectivity index (χ4n) is 2.39. The summed E-state index contributed by atoms with van der Waals surface area (Å²) in [5.74, 6) is -1.44. The Morgan fingerprint density at radius 3 is 2.36 bits per heavy atom. The number of anilines is 2. The second-order valence-electron chi connectivity index (χ2n) is 5.69. The number of amides is 1. The van der Waals surface area contributed by atoms with E-state index in [-0.39, 0.29) is 11.3 Å². The minimum atomic E-state index is -4.23. The lowest BCUT2D eigenvalue weighted by molar-refractivity contribution is 0.102. The van der Waals surface area contributed by atoms with E-state index < -0.39 is 26.6 Å². The zero-order valence-electron chi connectivity index (χ0n) is 14.1. The smallest absolute Gasteiger partial charge is 0.264 e. The number of carbonyl (C=O) groups is 1. The summed E-state index contributed by atoms with van der Waals surface area (Å²) in [7, 11) is -4.23. The average Bonchev–Trinajstić information content (AvgIpc) is 2.65. The van der Waals surface area contributed by atoms with Crippen molar-refractivity contribution in [2.75, 3.05) is 10.0 Å². The van der Waals surface area contributed by atoms with Crippen LogP contribution in [-0.4, -0.2) is 14.3 Å². The van der Waals surface area contributed by atoms with Crippen molar-refractivity contribution in [3.63, 3.8) is 0 Å². The maximum absolute atomic E-state index is 13.9. The van der Waals surface area contributed by atoms with Gasteiger partial charge in [0.1, 0.15) is 10.7 Å². The molecule has 1 amide bonds. The lowest BCUT2D eigenvalue weighted by Gasteiger charge is -2.14. The summed E-state index contributed by atoms with van der Waals surface area (Å²) in [4.78, 5) is 12.2. The number of rotatable bonds is 5. The van der Waals surface area contributed by atoms with Gasteiger partial charge in [0.15, 0.2) is 0 Å². The highest BCUT2D eigenvalue weighted by Gasteiger charge is 2.22. The molecule has 3 rings (SSSR count). The number of hydrogen-bond donors (Lipinski definition) is 2. The fraction of sp³-hybridized carbons (Fsp3) is 0. The van der Waals surface area contributed by atoms with Gasteiger partial charge in [-0.05, 0) is 54.6 Å². The molecule has 9 heteroatoms. The average molecular weight is 484 g/mol. The second kappa shape index (κ2) is 8.30. The third-order valence-electron chi connectivity index (χ3n) is 3.70. The molecule has 0 aromatic heterocycles. The summed E-state index contributed by atoms with van der Waals surface area (Å²) in [5, 5.41) is 3.18. The Labute approximate surface area is 174 Å². The van der Waals surface area contributed by atoms with Crippen molar-refractivity contribution in [1.29, 1.82) is 0 Å². The molecule has 0 aliphatic rings. The van der Waals surface area contributed by atoms with Crippen molar-refractivity contribution in [2.45, 2.75) is 4.90 Å². The number of nitrogens with one attached hydrogen (secondary N) is 2. The molecule has 0 heterocycles. The number of halogens is 3. The van der Waals surface area contributed by atoms with E-state index in [1.165, 1.54) is 24.3 Å². The number of carbonyl (C=O) groups excluding carboxylic acids is 1. The van der Waals surface area contributed by atoms with Crippen LogP contribution in [0.4, 0.5) is 15.8 Å². The van der Waals surface area contributed by atoms with E-state index in [1.807, 2.05) is 0 Å². The van der Waals surface area contributed by atoms with E-state index >= 15 is 0 Å². The molecule has 0 radical (unpaired) electrons. The number of hydrogen-bond acceptors (Lipinski definition) is 3. The summed E-state index contributed by atoms with van der Waals surface area (Å²) in [6.45, 7) is 0. The first-order chi connectivity index (χ1) is 13.3. The van der Waals surface area contributed by atoms with Gasteiger partial charge in [-0.2, -0.15) is 0 Å². The van der Waals surface area contributed by atoms with Crippen molar-refractivity contribution in [1.82, 2.24) is 0 Å². The summed E-state index contributed by atoms with van der Waals surface area (Å²) in [5.41, 5.74) is 0.555. The van der Waals surface area contributed by atoms with Gasteiger partial charge in [0, 0.05) is 15.2 Å². The van der Waals surface area contributed by atoms with Gasteiger partial charge >= 0.3 is 0 Å². The normalized spacial score (nSPS) is 11.1. The van der Waals surface area contributed by atoms with Gasteiger partial charge in [-0.3, -0.25) is 9.52 Å². The predicted octanol–water partition coefficient (Wildman–Crippen LogP) is 5.29. The molecule has 0 bridgehead atoms. The Morgan fingerprint density at radius 2 is 1.68 bits per heavy atom. The van der Waals surface area contributed by atoms with Crippen molar-refractivity contribution in [3.05, 3.63) is 87.6 Å². The molecule has 0 saturated carbocycles. The third-order valence-corrected chi connectivity index (χ3v) is 5.84. The topological polar surface area (TPSA) is 75.3 Å². The van der Waals surface area contributed by atoms with Gasteiger partial charge in [0.2, 0.25) is 0 Å². The zero-order valence-corrected chi connectivity index (χ0v) is 17.3. The van der Waals surface area contributed by atoms with E-state index in [0.29, 0.717) is 15.2 Å². The largest absolute Gasteiger partial charge is 0.322 e. The Hall–Kier alpha value is -2.42. The zero-order chi connectivity index (χ0) is 20.3. The van der Waals surface area contributed by atoms with Crippen LogP contribution in [0.1, 0.15) is 10.4 Å². The fourth-order valence-corrected chi connectivity index (χ4v) is 4.03. The standard InChI is InChI=1S/C19H13BrClFN2O3S/c20-12-5-10-17(24-28(26,27)18-4-2-1-3-16(18)22)15(11-12)19(25)23-14-8-6-13(21)7-9-14/h1-11,24H,(H,23,25). The van der Waals surface area contributed by atoms with Gasteiger partial charge < -0.3 is 5.32 Å². The molecule has 3 aromatic rings. The van der Waals surface area contributed by atoms with E-state index in [0.717, 1.165) is 12.1 Å².